The first-order valence-electron chi connectivity index (χ1n) is 7.69. The number of nitrogens with zero attached hydrogens (tertiary/aromatic N) is 3. The molecule has 1 N–H and O–H groups in total. The number of aromatic nitrogens is 3. The van der Waals surface area contributed by atoms with E-state index < -0.39 is 17.3 Å². The Bertz CT molecular complexity index is 891. The van der Waals surface area contributed by atoms with Gasteiger partial charge in [0.15, 0.2) is 0 Å². The fourth-order valence-electron chi connectivity index (χ4n) is 2.79. The van der Waals surface area contributed by atoms with Crippen LogP contribution in [0.1, 0.15) is 18.1 Å². The van der Waals surface area contributed by atoms with Crippen molar-refractivity contribution in [3.8, 4) is 11.1 Å². The molecule has 3 rings (SSSR count). The lowest BCUT2D eigenvalue weighted by atomic mass is 9.88. The first kappa shape index (κ1) is 18.4. The van der Waals surface area contributed by atoms with Gasteiger partial charge in [-0.15, -0.1) is 0 Å². The van der Waals surface area contributed by atoms with Crippen LogP contribution in [0.25, 0.3) is 11.1 Å². The minimum atomic E-state index is -4.62. The fraction of sp³-hybridized carbons (Fsp3) is 0.222. The number of halogens is 4. The van der Waals surface area contributed by atoms with E-state index in [9.17, 15) is 18.3 Å². The van der Waals surface area contributed by atoms with Crippen LogP contribution in [0.2, 0.25) is 5.02 Å². The number of alkyl halides is 3. The van der Waals surface area contributed by atoms with Gasteiger partial charge >= 0.3 is 6.18 Å². The average molecular weight is 382 g/mol. The molecule has 0 amide bonds. The summed E-state index contributed by atoms with van der Waals surface area (Å²) in [4.78, 5) is 3.74. The van der Waals surface area contributed by atoms with Crippen molar-refractivity contribution in [2.45, 2.75) is 25.2 Å². The average Bonchev–Trinajstić information content (AvgIpc) is 3.06. The smallest absolute Gasteiger partial charge is 0.383 e. The highest BCUT2D eigenvalue weighted by atomic mass is 35.5. The predicted octanol–water partition coefficient (Wildman–Crippen LogP) is 4.53. The summed E-state index contributed by atoms with van der Waals surface area (Å²) in [5.74, 6) is 0. The molecule has 0 saturated carbocycles. The molecule has 0 saturated heterocycles. The van der Waals surface area contributed by atoms with Gasteiger partial charge in [0.05, 0.1) is 12.1 Å². The normalized spacial score (nSPS) is 14.2. The van der Waals surface area contributed by atoms with Crippen LogP contribution in [-0.2, 0) is 18.3 Å². The van der Waals surface area contributed by atoms with E-state index in [0.717, 1.165) is 6.07 Å². The third-order valence-electron chi connectivity index (χ3n) is 4.02. The van der Waals surface area contributed by atoms with Gasteiger partial charge in [-0.1, -0.05) is 35.9 Å². The number of rotatable bonds is 4. The molecular weight excluding hydrogens is 367 g/mol. The van der Waals surface area contributed by atoms with Crippen molar-refractivity contribution in [2.75, 3.05) is 0 Å². The molecule has 136 valence electrons. The van der Waals surface area contributed by atoms with Crippen LogP contribution < -0.4 is 0 Å². The molecule has 0 aliphatic carbocycles. The molecule has 1 heterocycles. The zero-order valence-electron chi connectivity index (χ0n) is 13.7. The first-order valence-corrected chi connectivity index (χ1v) is 8.07. The summed E-state index contributed by atoms with van der Waals surface area (Å²) in [6.45, 7) is 1.16. The van der Waals surface area contributed by atoms with Crippen molar-refractivity contribution < 1.29 is 18.3 Å². The summed E-state index contributed by atoms with van der Waals surface area (Å²) < 4.78 is 42.2. The SMILES string of the molecule is CC(O)(Cn1cncn1)c1ccc(-c2ccc(Cl)cc2)cc1C(F)(F)F. The van der Waals surface area contributed by atoms with Gasteiger partial charge in [-0.3, -0.25) is 0 Å². The molecule has 26 heavy (non-hydrogen) atoms. The molecule has 0 fully saturated rings. The summed E-state index contributed by atoms with van der Waals surface area (Å²) in [5, 5.41) is 15.0. The lowest BCUT2D eigenvalue weighted by molar-refractivity contribution is -0.140. The quantitative estimate of drug-likeness (QED) is 0.722. The molecule has 0 aliphatic rings. The Morgan fingerprint density at radius 2 is 1.69 bits per heavy atom. The molecular formula is C18H15ClF3N3O. The van der Waals surface area contributed by atoms with Gasteiger partial charge in [0, 0.05) is 5.02 Å². The Morgan fingerprint density at radius 3 is 2.27 bits per heavy atom. The summed E-state index contributed by atoms with van der Waals surface area (Å²) >= 11 is 5.83. The van der Waals surface area contributed by atoms with E-state index in [2.05, 4.69) is 10.1 Å². The Hall–Kier alpha value is -2.38. The summed E-state index contributed by atoms with van der Waals surface area (Å²) in [6, 6.07) is 10.4. The van der Waals surface area contributed by atoms with Gasteiger partial charge < -0.3 is 5.11 Å². The van der Waals surface area contributed by atoms with Crippen molar-refractivity contribution >= 4 is 11.6 Å². The molecule has 3 aromatic rings. The van der Waals surface area contributed by atoms with Crippen LogP contribution in [0.5, 0.6) is 0 Å². The number of hydrogen-bond donors (Lipinski definition) is 1. The van der Waals surface area contributed by atoms with E-state index in [-0.39, 0.29) is 12.1 Å². The second-order valence-electron chi connectivity index (χ2n) is 6.13. The van der Waals surface area contributed by atoms with Gasteiger partial charge in [-0.05, 0) is 41.8 Å². The van der Waals surface area contributed by atoms with Crippen LogP contribution >= 0.6 is 11.6 Å². The van der Waals surface area contributed by atoms with Crippen molar-refractivity contribution in [3.05, 3.63) is 71.3 Å². The Kier molecular flexibility index (Phi) is 4.77. The largest absolute Gasteiger partial charge is 0.416 e. The van der Waals surface area contributed by atoms with Gasteiger partial charge in [-0.25, -0.2) is 9.67 Å². The monoisotopic (exact) mass is 381 g/mol. The summed E-state index contributed by atoms with van der Waals surface area (Å²) in [6.07, 6.45) is -2.03. The molecule has 4 nitrogen and oxygen atoms in total. The lowest BCUT2D eigenvalue weighted by Crippen LogP contribution is -2.31. The van der Waals surface area contributed by atoms with Gasteiger partial charge in [0.25, 0.3) is 0 Å². The molecule has 1 atom stereocenters. The van der Waals surface area contributed by atoms with Gasteiger partial charge in [0.2, 0.25) is 0 Å². The molecule has 1 aromatic heterocycles. The highest BCUT2D eigenvalue weighted by molar-refractivity contribution is 6.30. The summed E-state index contributed by atoms with van der Waals surface area (Å²) in [5.41, 5.74) is -1.91. The maximum absolute atomic E-state index is 13.7. The van der Waals surface area contributed by atoms with E-state index in [1.165, 1.54) is 30.3 Å². The number of aliphatic hydroxyl groups is 1. The molecule has 0 aliphatic heterocycles. The third kappa shape index (κ3) is 3.89. The zero-order chi connectivity index (χ0) is 18.9. The topological polar surface area (TPSA) is 50.9 Å². The van der Waals surface area contributed by atoms with E-state index in [4.69, 9.17) is 11.6 Å². The van der Waals surface area contributed by atoms with Crippen LogP contribution in [0, 0.1) is 0 Å². The standard InChI is InChI=1S/C18H15ClF3N3O/c1-17(26,9-25-11-23-10-24-25)15-7-4-13(8-16(15)18(20,21)22)12-2-5-14(19)6-3-12/h2-8,10-11,26H,9H2,1H3. The zero-order valence-corrected chi connectivity index (χ0v) is 14.5. The Morgan fingerprint density at radius 1 is 1.04 bits per heavy atom. The van der Waals surface area contributed by atoms with Gasteiger partial charge in [-0.2, -0.15) is 18.3 Å². The molecule has 2 aromatic carbocycles. The highest BCUT2D eigenvalue weighted by Gasteiger charge is 2.39. The Balaban J connectivity index is 2.06. The minimum absolute atomic E-state index is 0.156. The van der Waals surface area contributed by atoms with Crippen LogP contribution in [0.4, 0.5) is 13.2 Å². The van der Waals surface area contributed by atoms with E-state index in [1.807, 2.05) is 0 Å². The van der Waals surface area contributed by atoms with Gasteiger partial charge in [0.1, 0.15) is 18.3 Å². The van der Waals surface area contributed by atoms with Crippen LogP contribution in [0.3, 0.4) is 0 Å². The molecule has 0 spiro atoms. The third-order valence-corrected chi connectivity index (χ3v) is 4.27. The van der Waals surface area contributed by atoms with Crippen LogP contribution in [-0.4, -0.2) is 19.9 Å². The number of hydrogen-bond acceptors (Lipinski definition) is 3. The van der Waals surface area contributed by atoms with E-state index in [1.54, 1.807) is 30.3 Å². The van der Waals surface area contributed by atoms with Crippen molar-refractivity contribution in [3.63, 3.8) is 0 Å². The molecule has 1 unspecified atom stereocenters. The molecule has 8 heteroatoms. The van der Waals surface area contributed by atoms with Crippen LogP contribution in [0.15, 0.2) is 55.1 Å². The minimum Gasteiger partial charge on any atom is -0.383 e. The number of benzene rings is 2. The molecule has 0 bridgehead atoms. The second kappa shape index (κ2) is 6.74. The first-order chi connectivity index (χ1) is 12.2. The van der Waals surface area contributed by atoms with Crippen molar-refractivity contribution in [1.29, 1.82) is 0 Å². The Labute approximate surface area is 152 Å². The predicted molar refractivity (Wildman–Crippen MR) is 91.5 cm³/mol. The van der Waals surface area contributed by atoms with Crippen molar-refractivity contribution in [1.82, 2.24) is 14.8 Å². The van der Waals surface area contributed by atoms with Crippen molar-refractivity contribution in [2.24, 2.45) is 0 Å². The fourth-order valence-corrected chi connectivity index (χ4v) is 2.91. The molecule has 0 radical (unpaired) electrons. The maximum atomic E-state index is 13.7. The summed E-state index contributed by atoms with van der Waals surface area (Å²) in [7, 11) is 0. The lowest BCUT2D eigenvalue weighted by Gasteiger charge is -2.27. The van der Waals surface area contributed by atoms with E-state index in [0.29, 0.717) is 16.1 Å². The van der Waals surface area contributed by atoms with E-state index >= 15 is 0 Å². The maximum Gasteiger partial charge on any atom is 0.416 e. The second-order valence-corrected chi connectivity index (χ2v) is 6.57. The highest BCUT2D eigenvalue weighted by Crippen LogP contribution is 2.39.